The lowest BCUT2D eigenvalue weighted by Crippen LogP contribution is -2.36. The number of hydrogen-bond acceptors (Lipinski definition) is 3. The highest BCUT2D eigenvalue weighted by Crippen LogP contribution is 2.18. The van der Waals surface area contributed by atoms with E-state index in [9.17, 15) is 4.79 Å². The minimum atomic E-state index is -0.0455. The van der Waals surface area contributed by atoms with Crippen molar-refractivity contribution < 1.29 is 14.3 Å². The largest absolute Gasteiger partial charge is 0.484 e. The summed E-state index contributed by atoms with van der Waals surface area (Å²) in [7, 11) is 1.64. The molecule has 0 spiro atoms. The van der Waals surface area contributed by atoms with Crippen molar-refractivity contribution in [2.45, 2.75) is 20.4 Å². The lowest BCUT2D eigenvalue weighted by Gasteiger charge is -2.23. The Labute approximate surface area is 144 Å². The number of ether oxygens (including phenoxy) is 2. The number of nitrogens with zero attached hydrogens (tertiary/aromatic N) is 1. The summed E-state index contributed by atoms with van der Waals surface area (Å²) >= 11 is 0. The van der Waals surface area contributed by atoms with Crippen LogP contribution in [0.15, 0.2) is 48.5 Å². The van der Waals surface area contributed by atoms with E-state index in [1.807, 2.05) is 62.4 Å². The number of carbonyl (C=O) groups is 1. The highest BCUT2D eigenvalue weighted by Gasteiger charge is 2.15. The molecule has 24 heavy (non-hydrogen) atoms. The zero-order chi connectivity index (χ0) is 17.4. The number of amides is 1. The van der Waals surface area contributed by atoms with Gasteiger partial charge in [0.25, 0.3) is 5.91 Å². The van der Waals surface area contributed by atoms with Gasteiger partial charge in [0.15, 0.2) is 6.61 Å². The molecule has 4 heteroatoms. The van der Waals surface area contributed by atoms with E-state index in [0.29, 0.717) is 19.7 Å². The third-order valence-corrected chi connectivity index (χ3v) is 3.82. The molecule has 4 nitrogen and oxygen atoms in total. The maximum absolute atomic E-state index is 12.6. The Morgan fingerprint density at radius 1 is 1.08 bits per heavy atom. The first kappa shape index (κ1) is 18.0. The summed E-state index contributed by atoms with van der Waals surface area (Å²) in [6.45, 7) is 5.65. The molecule has 0 fully saturated rings. The van der Waals surface area contributed by atoms with E-state index in [-0.39, 0.29) is 12.5 Å². The van der Waals surface area contributed by atoms with Gasteiger partial charge in [0.05, 0.1) is 6.61 Å². The van der Waals surface area contributed by atoms with Crippen molar-refractivity contribution in [1.82, 2.24) is 4.90 Å². The molecular weight excluding hydrogens is 302 g/mol. The maximum atomic E-state index is 12.6. The Bertz CT molecular complexity index is 655. The molecule has 0 N–H and O–H groups in total. The molecule has 0 unspecified atom stereocenters. The molecule has 0 aliphatic heterocycles. The van der Waals surface area contributed by atoms with Crippen LogP contribution in [-0.4, -0.2) is 37.7 Å². The second kappa shape index (κ2) is 9.08. The molecule has 0 saturated heterocycles. The zero-order valence-corrected chi connectivity index (χ0v) is 14.6. The van der Waals surface area contributed by atoms with Crippen LogP contribution >= 0.6 is 0 Å². The normalized spacial score (nSPS) is 10.5. The molecule has 128 valence electrons. The van der Waals surface area contributed by atoms with Crippen molar-refractivity contribution >= 4 is 5.91 Å². The van der Waals surface area contributed by atoms with Crippen molar-refractivity contribution in [3.63, 3.8) is 0 Å². The van der Waals surface area contributed by atoms with Crippen molar-refractivity contribution in [1.29, 1.82) is 0 Å². The van der Waals surface area contributed by atoms with Crippen molar-refractivity contribution in [2.24, 2.45) is 0 Å². The molecular formula is C20H25NO3. The first-order valence-electron chi connectivity index (χ1n) is 8.11. The van der Waals surface area contributed by atoms with Crippen LogP contribution < -0.4 is 4.74 Å². The zero-order valence-electron chi connectivity index (χ0n) is 14.6. The summed E-state index contributed by atoms with van der Waals surface area (Å²) in [4.78, 5) is 14.3. The van der Waals surface area contributed by atoms with Gasteiger partial charge in [-0.15, -0.1) is 0 Å². The summed E-state index contributed by atoms with van der Waals surface area (Å²) in [6.07, 6.45) is 0. The highest BCUT2D eigenvalue weighted by atomic mass is 16.5. The Kier molecular flexibility index (Phi) is 6.82. The number of methoxy groups -OCH3 is 1. The fourth-order valence-electron chi connectivity index (χ4n) is 2.49. The summed E-state index contributed by atoms with van der Waals surface area (Å²) in [5.74, 6) is 0.705. The van der Waals surface area contributed by atoms with Crippen LogP contribution in [0.2, 0.25) is 0 Å². The van der Waals surface area contributed by atoms with Crippen LogP contribution in [0, 0.1) is 13.8 Å². The second-order valence-corrected chi connectivity index (χ2v) is 5.85. The van der Waals surface area contributed by atoms with Gasteiger partial charge >= 0.3 is 0 Å². The van der Waals surface area contributed by atoms with Crippen LogP contribution in [0.4, 0.5) is 0 Å². The average molecular weight is 327 g/mol. The quantitative estimate of drug-likeness (QED) is 0.746. The number of hydrogen-bond donors (Lipinski definition) is 0. The van der Waals surface area contributed by atoms with E-state index >= 15 is 0 Å². The highest BCUT2D eigenvalue weighted by molar-refractivity contribution is 5.77. The third kappa shape index (κ3) is 5.39. The van der Waals surface area contributed by atoms with Crippen LogP contribution in [0.3, 0.4) is 0 Å². The molecule has 1 amide bonds. The second-order valence-electron chi connectivity index (χ2n) is 5.85. The molecule has 0 aliphatic rings. The van der Waals surface area contributed by atoms with Gasteiger partial charge in [-0.3, -0.25) is 4.79 Å². The standard InChI is InChI=1S/C20H25NO3/c1-16-9-10-19(17(2)13-16)24-15-20(22)21(11-12-23-3)14-18-7-5-4-6-8-18/h4-10,13H,11-12,14-15H2,1-3H3. The predicted octanol–water partition coefficient (Wildman–Crippen LogP) is 3.36. The van der Waals surface area contributed by atoms with E-state index in [1.165, 1.54) is 5.56 Å². The summed E-state index contributed by atoms with van der Waals surface area (Å²) in [6, 6.07) is 15.9. The topological polar surface area (TPSA) is 38.8 Å². The lowest BCUT2D eigenvalue weighted by atomic mass is 10.1. The van der Waals surface area contributed by atoms with Crippen molar-refractivity contribution in [3.05, 3.63) is 65.2 Å². The Morgan fingerprint density at radius 2 is 1.83 bits per heavy atom. The van der Waals surface area contributed by atoms with Gasteiger partial charge in [-0.05, 0) is 31.0 Å². The average Bonchev–Trinajstić information content (AvgIpc) is 2.58. The Hall–Kier alpha value is -2.33. The first-order valence-corrected chi connectivity index (χ1v) is 8.11. The fraction of sp³-hybridized carbons (Fsp3) is 0.350. The fourth-order valence-corrected chi connectivity index (χ4v) is 2.49. The monoisotopic (exact) mass is 327 g/mol. The molecule has 0 atom stereocenters. The number of aryl methyl sites for hydroxylation is 2. The molecule has 0 saturated carbocycles. The molecule has 0 bridgehead atoms. The summed E-state index contributed by atoms with van der Waals surface area (Å²) in [5, 5.41) is 0. The van der Waals surface area contributed by atoms with Gasteiger partial charge in [0.2, 0.25) is 0 Å². The van der Waals surface area contributed by atoms with Crippen LogP contribution in [0.25, 0.3) is 0 Å². The van der Waals surface area contributed by atoms with Crippen molar-refractivity contribution in [2.75, 3.05) is 26.9 Å². The van der Waals surface area contributed by atoms with E-state index in [4.69, 9.17) is 9.47 Å². The molecule has 0 heterocycles. The maximum Gasteiger partial charge on any atom is 0.260 e. The van der Waals surface area contributed by atoms with Gasteiger partial charge < -0.3 is 14.4 Å². The molecule has 2 aromatic carbocycles. The predicted molar refractivity (Wildman–Crippen MR) is 95.1 cm³/mol. The third-order valence-electron chi connectivity index (χ3n) is 3.82. The van der Waals surface area contributed by atoms with Gasteiger partial charge in [0, 0.05) is 20.2 Å². The van der Waals surface area contributed by atoms with Gasteiger partial charge in [-0.1, -0.05) is 48.0 Å². The van der Waals surface area contributed by atoms with Crippen LogP contribution in [0.1, 0.15) is 16.7 Å². The van der Waals surface area contributed by atoms with Crippen molar-refractivity contribution in [3.8, 4) is 5.75 Å². The molecule has 0 radical (unpaired) electrons. The lowest BCUT2D eigenvalue weighted by molar-refractivity contribution is -0.134. The van der Waals surface area contributed by atoms with E-state index in [1.54, 1.807) is 12.0 Å². The summed E-state index contributed by atoms with van der Waals surface area (Å²) < 4.78 is 10.8. The Morgan fingerprint density at radius 3 is 2.50 bits per heavy atom. The minimum absolute atomic E-state index is 0.0282. The minimum Gasteiger partial charge on any atom is -0.484 e. The SMILES string of the molecule is COCCN(Cc1ccccc1)C(=O)COc1ccc(C)cc1C. The summed E-state index contributed by atoms with van der Waals surface area (Å²) in [5.41, 5.74) is 3.31. The molecule has 0 aliphatic carbocycles. The van der Waals surface area contributed by atoms with Crippen LogP contribution in [-0.2, 0) is 16.1 Å². The number of rotatable bonds is 8. The van der Waals surface area contributed by atoms with E-state index < -0.39 is 0 Å². The smallest absolute Gasteiger partial charge is 0.260 e. The molecule has 0 aromatic heterocycles. The Balaban J connectivity index is 1.98. The van der Waals surface area contributed by atoms with E-state index in [0.717, 1.165) is 16.9 Å². The van der Waals surface area contributed by atoms with E-state index in [2.05, 4.69) is 0 Å². The first-order chi connectivity index (χ1) is 11.6. The number of benzene rings is 2. The van der Waals surface area contributed by atoms with Crippen LogP contribution in [0.5, 0.6) is 5.75 Å². The van der Waals surface area contributed by atoms with Gasteiger partial charge in [-0.25, -0.2) is 0 Å². The molecule has 2 rings (SSSR count). The molecule has 2 aromatic rings. The van der Waals surface area contributed by atoms with Gasteiger partial charge in [0.1, 0.15) is 5.75 Å². The van der Waals surface area contributed by atoms with Gasteiger partial charge in [-0.2, -0.15) is 0 Å². The number of carbonyl (C=O) groups excluding carboxylic acids is 1.